The highest BCUT2D eigenvalue weighted by atomic mass is 16.5. The summed E-state index contributed by atoms with van der Waals surface area (Å²) in [5.74, 6) is 1.40. The van der Waals surface area contributed by atoms with Gasteiger partial charge >= 0.3 is 0 Å². The van der Waals surface area contributed by atoms with Crippen LogP contribution in [0.25, 0.3) is 0 Å². The molecule has 2 aliphatic heterocycles. The molecule has 0 N–H and O–H groups in total. The predicted octanol–water partition coefficient (Wildman–Crippen LogP) is 4.68. The Hall–Kier alpha value is -3.61. The number of nitrogens with zero attached hydrogens (tertiary/aromatic N) is 3. The van der Waals surface area contributed by atoms with Crippen LogP contribution in [0.2, 0.25) is 0 Å². The first-order chi connectivity index (χ1) is 17.6. The number of carbonyl (C=O) groups is 2. The first kappa shape index (κ1) is 22.8. The molecule has 2 aromatic carbocycles. The van der Waals surface area contributed by atoms with E-state index in [9.17, 15) is 9.59 Å². The average molecular weight is 486 g/mol. The van der Waals surface area contributed by atoms with Gasteiger partial charge in [0.1, 0.15) is 12.0 Å². The molecule has 1 atom stereocenters. The lowest BCUT2D eigenvalue weighted by Crippen LogP contribution is -2.41. The number of likely N-dealkylation sites (tertiary alicyclic amines) is 1. The number of oxazole rings is 1. The second-order valence-corrected chi connectivity index (χ2v) is 10.1. The summed E-state index contributed by atoms with van der Waals surface area (Å²) in [7, 11) is 0. The Morgan fingerprint density at radius 2 is 1.83 bits per heavy atom. The molecule has 7 nitrogen and oxygen atoms in total. The van der Waals surface area contributed by atoms with Crippen LogP contribution in [0.1, 0.15) is 70.4 Å². The molecule has 2 amide bonds. The number of ether oxygens (including phenoxy) is 1. The van der Waals surface area contributed by atoms with Crippen molar-refractivity contribution in [3.63, 3.8) is 0 Å². The van der Waals surface area contributed by atoms with Crippen LogP contribution < -0.4 is 4.74 Å². The van der Waals surface area contributed by atoms with Crippen molar-refractivity contribution in [1.82, 2.24) is 14.8 Å². The summed E-state index contributed by atoms with van der Waals surface area (Å²) in [5, 5.41) is 0. The first-order valence-electron chi connectivity index (χ1n) is 12.9. The van der Waals surface area contributed by atoms with Crippen LogP contribution in [-0.4, -0.2) is 46.2 Å². The fraction of sp³-hybridized carbons (Fsp3) is 0.414. The molecule has 186 valence electrons. The van der Waals surface area contributed by atoms with Crippen LogP contribution in [0.5, 0.6) is 5.75 Å². The lowest BCUT2D eigenvalue weighted by Gasteiger charge is -2.38. The van der Waals surface area contributed by atoms with Crippen molar-refractivity contribution >= 4 is 11.8 Å². The minimum absolute atomic E-state index is 0.0855. The van der Waals surface area contributed by atoms with Gasteiger partial charge < -0.3 is 19.0 Å². The van der Waals surface area contributed by atoms with Crippen LogP contribution in [0.4, 0.5) is 0 Å². The third-order valence-electron chi connectivity index (χ3n) is 7.47. The molecular formula is C29H31N3O4. The second-order valence-electron chi connectivity index (χ2n) is 10.1. The highest BCUT2D eigenvalue weighted by Gasteiger charge is 2.39. The Labute approximate surface area is 211 Å². The van der Waals surface area contributed by atoms with E-state index in [1.54, 1.807) is 0 Å². The molecule has 6 rings (SSSR count). The molecule has 2 fully saturated rings. The maximum Gasteiger partial charge on any atom is 0.275 e. The Bertz CT molecular complexity index is 1270. The molecule has 3 aromatic rings. The van der Waals surface area contributed by atoms with Crippen LogP contribution >= 0.6 is 0 Å². The zero-order valence-corrected chi connectivity index (χ0v) is 20.6. The van der Waals surface area contributed by atoms with Gasteiger partial charge in [0, 0.05) is 25.6 Å². The molecule has 0 bridgehead atoms. The van der Waals surface area contributed by atoms with E-state index in [0.717, 1.165) is 62.9 Å². The normalized spacial score (nSPS) is 19.3. The standard InChI is InChI=1S/C29H31N3O4/c1-19-4-6-21(7-5-19)27-24-16-23(11-10-20(24)12-15-32(27)28(33)22-8-9-22)35-18-26-30-25(17-36-26)29(34)31-13-2-3-14-31/h4-7,10-11,16-17,22,27H,2-3,8-9,12-15,18H2,1H3/t27-/m0/s1. The maximum atomic E-state index is 13.2. The van der Waals surface area contributed by atoms with Gasteiger partial charge in [-0.15, -0.1) is 0 Å². The first-order valence-corrected chi connectivity index (χ1v) is 12.9. The maximum absolute atomic E-state index is 13.2. The van der Waals surface area contributed by atoms with Gasteiger partial charge in [-0.2, -0.15) is 0 Å². The minimum Gasteiger partial charge on any atom is -0.484 e. The quantitative estimate of drug-likeness (QED) is 0.507. The number of hydrogen-bond donors (Lipinski definition) is 0. The largest absolute Gasteiger partial charge is 0.484 e. The molecule has 36 heavy (non-hydrogen) atoms. The summed E-state index contributed by atoms with van der Waals surface area (Å²) in [5.41, 5.74) is 4.98. The van der Waals surface area contributed by atoms with Crippen molar-refractivity contribution < 1.29 is 18.7 Å². The predicted molar refractivity (Wildman–Crippen MR) is 134 cm³/mol. The molecule has 1 aliphatic carbocycles. The third-order valence-corrected chi connectivity index (χ3v) is 7.47. The van der Waals surface area contributed by atoms with E-state index in [-0.39, 0.29) is 30.4 Å². The van der Waals surface area contributed by atoms with Gasteiger partial charge in [0.05, 0.1) is 6.04 Å². The van der Waals surface area contributed by atoms with E-state index in [1.165, 1.54) is 17.4 Å². The molecule has 1 saturated carbocycles. The van der Waals surface area contributed by atoms with E-state index in [2.05, 4.69) is 47.1 Å². The Morgan fingerprint density at radius 3 is 2.58 bits per heavy atom. The monoisotopic (exact) mass is 485 g/mol. The van der Waals surface area contributed by atoms with E-state index in [4.69, 9.17) is 9.15 Å². The van der Waals surface area contributed by atoms with Gasteiger partial charge in [0.15, 0.2) is 12.3 Å². The second kappa shape index (κ2) is 9.45. The van der Waals surface area contributed by atoms with Gasteiger partial charge in [0.2, 0.25) is 11.8 Å². The highest BCUT2D eigenvalue weighted by molar-refractivity contribution is 5.92. The number of benzene rings is 2. The van der Waals surface area contributed by atoms with Gasteiger partial charge in [-0.05, 0) is 67.9 Å². The molecule has 0 radical (unpaired) electrons. The van der Waals surface area contributed by atoms with Gasteiger partial charge in [0.25, 0.3) is 5.91 Å². The van der Waals surface area contributed by atoms with Crippen molar-refractivity contribution in [1.29, 1.82) is 0 Å². The molecule has 7 heteroatoms. The van der Waals surface area contributed by atoms with Crippen molar-refractivity contribution in [3.05, 3.63) is 82.6 Å². The van der Waals surface area contributed by atoms with Crippen molar-refractivity contribution in [2.75, 3.05) is 19.6 Å². The lowest BCUT2D eigenvalue weighted by molar-refractivity contribution is -0.134. The summed E-state index contributed by atoms with van der Waals surface area (Å²) in [6, 6.07) is 14.4. The SMILES string of the molecule is Cc1ccc([C@H]2c3cc(OCc4nc(C(=O)N5CCCC5)co4)ccc3CCN2C(=O)C2CC2)cc1. The topological polar surface area (TPSA) is 75.9 Å². The Kier molecular flexibility index (Phi) is 5.99. The summed E-state index contributed by atoms with van der Waals surface area (Å²) >= 11 is 0. The smallest absolute Gasteiger partial charge is 0.275 e. The van der Waals surface area contributed by atoms with Crippen molar-refractivity contribution in [2.24, 2.45) is 5.92 Å². The zero-order valence-electron chi connectivity index (χ0n) is 20.6. The molecule has 1 aromatic heterocycles. The summed E-state index contributed by atoms with van der Waals surface area (Å²) in [6.45, 7) is 4.48. The fourth-order valence-electron chi connectivity index (χ4n) is 5.30. The molecule has 0 spiro atoms. The Balaban J connectivity index is 1.23. The number of aromatic nitrogens is 1. The molecular weight excluding hydrogens is 454 g/mol. The van der Waals surface area contributed by atoms with Crippen LogP contribution in [0, 0.1) is 12.8 Å². The number of hydrogen-bond acceptors (Lipinski definition) is 5. The third kappa shape index (κ3) is 4.50. The van der Waals surface area contributed by atoms with E-state index < -0.39 is 0 Å². The lowest BCUT2D eigenvalue weighted by atomic mass is 9.87. The van der Waals surface area contributed by atoms with Gasteiger partial charge in [-0.1, -0.05) is 35.9 Å². The van der Waals surface area contributed by atoms with E-state index in [1.807, 2.05) is 17.0 Å². The van der Waals surface area contributed by atoms with Crippen LogP contribution in [-0.2, 0) is 17.8 Å². The fourth-order valence-corrected chi connectivity index (χ4v) is 5.30. The summed E-state index contributed by atoms with van der Waals surface area (Å²) < 4.78 is 11.6. The summed E-state index contributed by atoms with van der Waals surface area (Å²) in [4.78, 5) is 34.0. The van der Waals surface area contributed by atoms with Gasteiger partial charge in [-0.3, -0.25) is 9.59 Å². The van der Waals surface area contributed by atoms with Crippen molar-refractivity contribution in [2.45, 2.75) is 51.7 Å². The van der Waals surface area contributed by atoms with Crippen LogP contribution in [0.3, 0.4) is 0 Å². The molecule has 3 aliphatic rings. The molecule has 3 heterocycles. The number of fused-ring (bicyclic) bond motifs is 1. The van der Waals surface area contributed by atoms with Crippen molar-refractivity contribution in [3.8, 4) is 5.75 Å². The van der Waals surface area contributed by atoms with E-state index in [0.29, 0.717) is 17.3 Å². The molecule has 0 unspecified atom stereocenters. The number of rotatable bonds is 6. The number of carbonyl (C=O) groups excluding carboxylic acids is 2. The zero-order chi connectivity index (χ0) is 24.6. The average Bonchev–Trinajstić information content (AvgIpc) is 3.39. The van der Waals surface area contributed by atoms with Crippen LogP contribution in [0.15, 0.2) is 53.1 Å². The molecule has 1 saturated heterocycles. The highest BCUT2D eigenvalue weighted by Crippen LogP contribution is 2.41. The van der Waals surface area contributed by atoms with E-state index >= 15 is 0 Å². The number of aryl methyl sites for hydroxylation is 1. The number of amides is 2. The summed E-state index contributed by atoms with van der Waals surface area (Å²) in [6.07, 6.45) is 6.30. The minimum atomic E-state index is -0.127. The Morgan fingerprint density at radius 1 is 1.06 bits per heavy atom. The van der Waals surface area contributed by atoms with Gasteiger partial charge in [-0.25, -0.2) is 4.98 Å².